The van der Waals surface area contributed by atoms with Gasteiger partial charge in [0.1, 0.15) is 0 Å². The molecule has 0 saturated carbocycles. The first-order chi connectivity index (χ1) is 11.1. The van der Waals surface area contributed by atoms with Gasteiger partial charge in [0.2, 0.25) is 0 Å². The van der Waals surface area contributed by atoms with Gasteiger partial charge in [-0.25, -0.2) is 0 Å². The summed E-state index contributed by atoms with van der Waals surface area (Å²) in [6.07, 6.45) is -4.21. The lowest BCUT2D eigenvalue weighted by Crippen LogP contribution is -2.03. The van der Waals surface area contributed by atoms with Crippen LogP contribution in [0.15, 0.2) is 101 Å². The molecular formula is C19H15F3S. The number of hydrogen-bond donors (Lipinski definition) is 0. The van der Waals surface area contributed by atoms with E-state index in [0.29, 0.717) is 0 Å². The molecule has 118 valence electrons. The zero-order chi connectivity index (χ0) is 16.5. The Bertz CT molecular complexity index is 643. The first-order valence-corrected chi connectivity index (χ1v) is 7.77. The molecule has 0 spiro atoms. The third-order valence-corrected chi connectivity index (χ3v) is 3.84. The second kappa shape index (κ2) is 8.44. The molecule has 3 aromatic rings. The van der Waals surface area contributed by atoms with Crippen molar-refractivity contribution in [2.75, 3.05) is 0 Å². The van der Waals surface area contributed by atoms with Crippen molar-refractivity contribution >= 4 is 11.8 Å². The van der Waals surface area contributed by atoms with Crippen LogP contribution in [0, 0.1) is 0 Å². The second-order valence-corrected chi connectivity index (χ2v) is 5.74. The molecule has 0 aromatic heterocycles. The minimum absolute atomic E-state index is 0.602. The van der Waals surface area contributed by atoms with Gasteiger partial charge in [0, 0.05) is 9.79 Å². The summed E-state index contributed by atoms with van der Waals surface area (Å²) in [6.45, 7) is 0. The van der Waals surface area contributed by atoms with Crippen LogP contribution in [0.1, 0.15) is 5.56 Å². The largest absolute Gasteiger partial charge is 0.416 e. The van der Waals surface area contributed by atoms with E-state index < -0.39 is 11.7 Å². The van der Waals surface area contributed by atoms with E-state index in [1.165, 1.54) is 21.9 Å². The summed E-state index contributed by atoms with van der Waals surface area (Å²) >= 11 is 1.79. The van der Waals surface area contributed by atoms with E-state index in [2.05, 4.69) is 48.5 Å². The number of halogens is 3. The van der Waals surface area contributed by atoms with Crippen LogP contribution < -0.4 is 0 Å². The van der Waals surface area contributed by atoms with Crippen molar-refractivity contribution in [2.45, 2.75) is 16.0 Å². The van der Waals surface area contributed by atoms with E-state index >= 15 is 0 Å². The smallest absolute Gasteiger partial charge is 0.166 e. The maximum atomic E-state index is 11.8. The minimum atomic E-state index is -4.21. The summed E-state index contributed by atoms with van der Waals surface area (Å²) < 4.78 is 35.4. The Morgan fingerprint density at radius 1 is 0.522 bits per heavy atom. The quantitative estimate of drug-likeness (QED) is 0.513. The van der Waals surface area contributed by atoms with Crippen molar-refractivity contribution in [1.29, 1.82) is 0 Å². The van der Waals surface area contributed by atoms with Gasteiger partial charge in [-0.1, -0.05) is 78.5 Å². The maximum absolute atomic E-state index is 11.8. The Balaban J connectivity index is 0.000000174. The van der Waals surface area contributed by atoms with Crippen molar-refractivity contribution in [2.24, 2.45) is 0 Å². The Morgan fingerprint density at radius 3 is 1.17 bits per heavy atom. The van der Waals surface area contributed by atoms with Crippen molar-refractivity contribution in [3.8, 4) is 0 Å². The molecule has 0 saturated heterocycles. The highest BCUT2D eigenvalue weighted by Crippen LogP contribution is 2.28. The molecule has 0 nitrogen and oxygen atoms in total. The maximum Gasteiger partial charge on any atom is 0.416 e. The molecule has 0 amide bonds. The van der Waals surface area contributed by atoms with E-state index in [0.717, 1.165) is 12.1 Å². The van der Waals surface area contributed by atoms with Gasteiger partial charge in [-0.05, 0) is 24.3 Å². The minimum Gasteiger partial charge on any atom is -0.166 e. The molecule has 3 aromatic carbocycles. The number of benzene rings is 3. The monoisotopic (exact) mass is 332 g/mol. The molecule has 0 heterocycles. The summed E-state index contributed by atoms with van der Waals surface area (Å²) in [5, 5.41) is 0. The van der Waals surface area contributed by atoms with Gasteiger partial charge in [-0.15, -0.1) is 0 Å². The molecule has 0 aliphatic carbocycles. The van der Waals surface area contributed by atoms with Gasteiger partial charge < -0.3 is 0 Å². The molecule has 0 aliphatic rings. The molecule has 0 fully saturated rings. The van der Waals surface area contributed by atoms with E-state index in [-0.39, 0.29) is 0 Å². The first kappa shape index (κ1) is 17.2. The zero-order valence-electron chi connectivity index (χ0n) is 12.2. The fourth-order valence-electron chi connectivity index (χ4n) is 1.74. The van der Waals surface area contributed by atoms with E-state index in [4.69, 9.17) is 0 Å². The number of alkyl halides is 3. The third kappa shape index (κ3) is 6.20. The lowest BCUT2D eigenvalue weighted by molar-refractivity contribution is -0.137. The average Bonchev–Trinajstić information content (AvgIpc) is 2.57. The molecule has 23 heavy (non-hydrogen) atoms. The molecule has 4 heteroatoms. The molecule has 0 bridgehead atoms. The van der Waals surface area contributed by atoms with Crippen molar-refractivity contribution in [3.63, 3.8) is 0 Å². The molecule has 0 unspecified atom stereocenters. The fraction of sp³-hybridized carbons (Fsp3) is 0.0526. The molecule has 0 N–H and O–H groups in total. The summed E-state index contributed by atoms with van der Waals surface area (Å²) in [5.41, 5.74) is -0.602. The van der Waals surface area contributed by atoms with E-state index in [1.54, 1.807) is 17.8 Å². The summed E-state index contributed by atoms with van der Waals surface area (Å²) in [7, 11) is 0. The predicted molar refractivity (Wildman–Crippen MR) is 88.5 cm³/mol. The van der Waals surface area contributed by atoms with Gasteiger partial charge in [0.05, 0.1) is 5.56 Å². The highest BCUT2D eigenvalue weighted by Gasteiger charge is 2.29. The van der Waals surface area contributed by atoms with Crippen LogP contribution in [0.4, 0.5) is 13.2 Å². The average molecular weight is 332 g/mol. The number of hydrogen-bond acceptors (Lipinski definition) is 1. The first-order valence-electron chi connectivity index (χ1n) is 6.96. The molecule has 3 rings (SSSR count). The van der Waals surface area contributed by atoms with Crippen LogP contribution in [-0.2, 0) is 6.18 Å². The molecule has 0 atom stereocenters. The van der Waals surface area contributed by atoms with E-state index in [9.17, 15) is 13.2 Å². The fourth-order valence-corrected chi connectivity index (χ4v) is 2.60. The Kier molecular flexibility index (Phi) is 6.29. The number of rotatable bonds is 2. The third-order valence-electron chi connectivity index (χ3n) is 2.82. The van der Waals surface area contributed by atoms with Gasteiger partial charge in [0.25, 0.3) is 0 Å². The Labute approximate surface area is 138 Å². The second-order valence-electron chi connectivity index (χ2n) is 4.59. The van der Waals surface area contributed by atoms with Gasteiger partial charge in [0.15, 0.2) is 0 Å². The summed E-state index contributed by atoms with van der Waals surface area (Å²) in [5.74, 6) is 0. The zero-order valence-corrected chi connectivity index (χ0v) is 13.0. The van der Waals surface area contributed by atoms with Crippen LogP contribution in [-0.4, -0.2) is 0 Å². The van der Waals surface area contributed by atoms with Crippen molar-refractivity contribution in [3.05, 3.63) is 96.6 Å². The van der Waals surface area contributed by atoms with Crippen molar-refractivity contribution < 1.29 is 13.2 Å². The van der Waals surface area contributed by atoms with Gasteiger partial charge in [-0.2, -0.15) is 13.2 Å². The van der Waals surface area contributed by atoms with Crippen LogP contribution in [0.2, 0.25) is 0 Å². The topological polar surface area (TPSA) is 0 Å². The van der Waals surface area contributed by atoms with Gasteiger partial charge in [-0.3, -0.25) is 0 Å². The molecular weight excluding hydrogens is 317 g/mol. The summed E-state index contributed by atoms with van der Waals surface area (Å²) in [6, 6.07) is 27.2. The Hall–Kier alpha value is -2.20. The predicted octanol–water partition coefficient (Wildman–Crippen LogP) is 6.54. The van der Waals surface area contributed by atoms with Crippen molar-refractivity contribution in [1.82, 2.24) is 0 Å². The lowest BCUT2D eigenvalue weighted by Gasteiger charge is -2.03. The van der Waals surface area contributed by atoms with Crippen LogP contribution >= 0.6 is 11.8 Å². The van der Waals surface area contributed by atoms with Gasteiger partial charge >= 0.3 is 6.18 Å². The summed E-state index contributed by atoms with van der Waals surface area (Å²) in [4.78, 5) is 2.57. The van der Waals surface area contributed by atoms with Crippen LogP contribution in [0.5, 0.6) is 0 Å². The standard InChI is InChI=1S/C12H10S.C7H5F3/c1-3-7-11(8-4-1)13-12-9-5-2-6-10-12;8-7(9,10)6-4-2-1-3-5-6/h1-10H;1-5H. The van der Waals surface area contributed by atoms with E-state index in [1.807, 2.05) is 12.1 Å². The van der Waals surface area contributed by atoms with Crippen LogP contribution in [0.3, 0.4) is 0 Å². The highest BCUT2D eigenvalue weighted by molar-refractivity contribution is 7.99. The molecule has 0 aliphatic heterocycles. The lowest BCUT2D eigenvalue weighted by atomic mass is 10.2. The molecule has 0 radical (unpaired) electrons. The van der Waals surface area contributed by atoms with Crippen LogP contribution in [0.25, 0.3) is 0 Å². The Morgan fingerprint density at radius 2 is 0.870 bits per heavy atom. The normalized spacial score (nSPS) is 10.6. The SMILES string of the molecule is FC(F)(F)c1ccccc1.c1ccc(Sc2ccccc2)cc1. The highest BCUT2D eigenvalue weighted by atomic mass is 32.2.